The molecule has 0 N–H and O–H groups in total. The molecule has 0 unspecified atom stereocenters. The fourth-order valence-electron chi connectivity index (χ4n) is 4.13. The molecule has 6 nitrogen and oxygen atoms in total. The molecular weight excluding hydrogens is 448 g/mol. The van der Waals surface area contributed by atoms with Crippen molar-refractivity contribution in [1.82, 2.24) is 4.90 Å². The lowest BCUT2D eigenvalue weighted by molar-refractivity contribution is -0.133. The van der Waals surface area contributed by atoms with Crippen molar-refractivity contribution in [3.63, 3.8) is 0 Å². The van der Waals surface area contributed by atoms with Crippen LogP contribution in [0.3, 0.4) is 0 Å². The number of allylic oxidation sites excluding steroid dienone is 2. The number of amides is 2. The number of anilines is 1. The van der Waals surface area contributed by atoms with Crippen LogP contribution in [-0.2, 0) is 14.3 Å². The van der Waals surface area contributed by atoms with Crippen LogP contribution in [0.15, 0.2) is 17.7 Å². The Balaban J connectivity index is 2.71. The van der Waals surface area contributed by atoms with E-state index in [1.165, 1.54) is 28.9 Å². The standard InChI is InChI=1S/C27H38N2O4S/c1-10-21(25(31)28(7)8)29(24(30)20-12-11-17(2)15-18(20)3)22-16-19(13-14-27(4,5)6)34-23(22)26(32)33-9/h11,16,18,20-21H,10,12,15H2,1-9H3/t18-,20-,21-/m0/s1. The van der Waals surface area contributed by atoms with E-state index in [4.69, 9.17) is 4.74 Å². The van der Waals surface area contributed by atoms with Crippen molar-refractivity contribution < 1.29 is 19.1 Å². The first kappa shape index (κ1) is 27.7. The smallest absolute Gasteiger partial charge is 0.350 e. The number of ether oxygens (including phenoxy) is 1. The molecule has 0 spiro atoms. The van der Waals surface area contributed by atoms with Crippen LogP contribution in [0.2, 0.25) is 0 Å². The first-order chi connectivity index (χ1) is 15.8. The Morgan fingerprint density at radius 3 is 2.41 bits per heavy atom. The normalized spacial score (nSPS) is 18.8. The van der Waals surface area contributed by atoms with Crippen molar-refractivity contribution in [2.75, 3.05) is 26.1 Å². The molecule has 0 aliphatic heterocycles. The lowest BCUT2D eigenvalue weighted by Crippen LogP contribution is -2.52. The Labute approximate surface area is 208 Å². The Kier molecular flexibility index (Phi) is 9.13. The van der Waals surface area contributed by atoms with E-state index in [2.05, 4.69) is 31.8 Å². The van der Waals surface area contributed by atoms with Gasteiger partial charge in [0.05, 0.1) is 17.7 Å². The van der Waals surface area contributed by atoms with Crippen molar-refractivity contribution >= 4 is 34.8 Å². The first-order valence-corrected chi connectivity index (χ1v) is 12.6. The Hall–Kier alpha value is -2.59. The monoisotopic (exact) mass is 486 g/mol. The summed E-state index contributed by atoms with van der Waals surface area (Å²) in [5, 5.41) is 0. The lowest BCUT2D eigenvalue weighted by atomic mass is 9.80. The van der Waals surface area contributed by atoms with Gasteiger partial charge in [-0.3, -0.25) is 14.5 Å². The highest BCUT2D eigenvalue weighted by Gasteiger charge is 2.39. The molecule has 3 atom stereocenters. The molecule has 34 heavy (non-hydrogen) atoms. The van der Waals surface area contributed by atoms with Gasteiger partial charge < -0.3 is 9.64 Å². The highest BCUT2D eigenvalue weighted by atomic mass is 32.1. The second-order valence-electron chi connectivity index (χ2n) is 10.3. The molecule has 186 valence electrons. The summed E-state index contributed by atoms with van der Waals surface area (Å²) in [4.78, 5) is 44.0. The second-order valence-corrected chi connectivity index (χ2v) is 11.3. The molecule has 1 heterocycles. The zero-order chi connectivity index (χ0) is 25.8. The van der Waals surface area contributed by atoms with E-state index in [9.17, 15) is 14.4 Å². The molecular formula is C27H38N2O4S. The molecule has 1 aliphatic rings. The third-order valence-corrected chi connectivity index (χ3v) is 6.95. The zero-order valence-corrected chi connectivity index (χ0v) is 22.8. The van der Waals surface area contributed by atoms with E-state index in [0.29, 0.717) is 23.4 Å². The molecule has 1 aromatic rings. The number of hydrogen-bond donors (Lipinski definition) is 0. The molecule has 2 amide bonds. The van der Waals surface area contributed by atoms with E-state index in [1.54, 1.807) is 25.1 Å². The van der Waals surface area contributed by atoms with E-state index < -0.39 is 12.0 Å². The number of likely N-dealkylation sites (N-methyl/N-ethyl adjacent to an activating group) is 1. The summed E-state index contributed by atoms with van der Waals surface area (Å²) < 4.78 is 5.05. The Morgan fingerprint density at radius 2 is 1.91 bits per heavy atom. The number of carbonyl (C=O) groups excluding carboxylic acids is 3. The second kappa shape index (κ2) is 11.2. The van der Waals surface area contributed by atoms with Gasteiger partial charge in [0.25, 0.3) is 0 Å². The summed E-state index contributed by atoms with van der Waals surface area (Å²) in [7, 11) is 4.67. The van der Waals surface area contributed by atoms with Gasteiger partial charge in [0, 0.05) is 25.4 Å². The molecule has 1 aliphatic carbocycles. The molecule has 2 rings (SSSR count). The predicted octanol–water partition coefficient (Wildman–Crippen LogP) is 5.12. The van der Waals surface area contributed by atoms with Gasteiger partial charge in [-0.05, 0) is 58.9 Å². The maximum atomic E-state index is 14.1. The van der Waals surface area contributed by atoms with Gasteiger partial charge in [0.1, 0.15) is 10.9 Å². The van der Waals surface area contributed by atoms with Crippen molar-refractivity contribution in [1.29, 1.82) is 0 Å². The third kappa shape index (κ3) is 6.50. The van der Waals surface area contributed by atoms with E-state index in [-0.39, 0.29) is 33.9 Å². The van der Waals surface area contributed by atoms with Gasteiger partial charge in [0.2, 0.25) is 11.8 Å². The first-order valence-electron chi connectivity index (χ1n) is 11.8. The van der Waals surface area contributed by atoms with E-state index in [1.807, 2.05) is 27.7 Å². The van der Waals surface area contributed by atoms with E-state index >= 15 is 0 Å². The number of rotatable bonds is 6. The van der Waals surface area contributed by atoms with Crippen molar-refractivity contribution in [3.05, 3.63) is 27.5 Å². The van der Waals surface area contributed by atoms with Gasteiger partial charge in [0.15, 0.2) is 0 Å². The molecule has 0 aromatic carbocycles. The van der Waals surface area contributed by atoms with Gasteiger partial charge in [-0.25, -0.2) is 4.79 Å². The number of esters is 1. The van der Waals surface area contributed by atoms with Crippen LogP contribution in [0.5, 0.6) is 0 Å². The van der Waals surface area contributed by atoms with E-state index in [0.717, 1.165) is 6.42 Å². The SMILES string of the molecule is CC[C@@H](C(=O)N(C)C)N(C(=O)[C@H]1CC=C(C)C[C@@H]1C)c1cc(C#CC(C)(C)C)sc1C(=O)OC. The van der Waals surface area contributed by atoms with Gasteiger partial charge in [-0.2, -0.15) is 0 Å². The summed E-state index contributed by atoms with van der Waals surface area (Å²) >= 11 is 1.20. The number of nitrogens with zero attached hydrogens (tertiary/aromatic N) is 2. The highest BCUT2D eigenvalue weighted by Crippen LogP contribution is 2.37. The summed E-state index contributed by atoms with van der Waals surface area (Å²) in [6, 6.07) is 1.02. The molecule has 1 aromatic heterocycles. The molecule has 0 radical (unpaired) electrons. The van der Waals surface area contributed by atoms with Gasteiger partial charge in [-0.15, -0.1) is 11.3 Å². The van der Waals surface area contributed by atoms with Gasteiger partial charge >= 0.3 is 5.97 Å². The van der Waals surface area contributed by atoms with Crippen LogP contribution >= 0.6 is 11.3 Å². The average molecular weight is 487 g/mol. The third-order valence-electron chi connectivity index (χ3n) is 5.93. The van der Waals surface area contributed by atoms with Crippen LogP contribution in [0.1, 0.15) is 75.4 Å². The van der Waals surface area contributed by atoms with Crippen LogP contribution in [-0.4, -0.2) is 49.9 Å². The van der Waals surface area contributed by atoms with Crippen molar-refractivity contribution in [2.45, 2.75) is 66.8 Å². The summed E-state index contributed by atoms with van der Waals surface area (Å²) in [5.41, 5.74) is 1.45. The molecule has 0 fully saturated rings. The minimum atomic E-state index is -0.733. The highest BCUT2D eigenvalue weighted by molar-refractivity contribution is 7.15. The van der Waals surface area contributed by atoms with Crippen LogP contribution in [0, 0.1) is 29.1 Å². The average Bonchev–Trinajstić information content (AvgIpc) is 3.17. The molecule has 0 saturated heterocycles. The zero-order valence-electron chi connectivity index (χ0n) is 21.9. The number of methoxy groups -OCH3 is 1. The topological polar surface area (TPSA) is 66.9 Å². The number of thiophene rings is 1. The quantitative estimate of drug-likeness (QED) is 0.318. The minimum absolute atomic E-state index is 0.132. The summed E-state index contributed by atoms with van der Waals surface area (Å²) in [5.74, 6) is 5.31. The molecule has 0 saturated carbocycles. The Bertz CT molecular complexity index is 1020. The Morgan fingerprint density at radius 1 is 1.26 bits per heavy atom. The van der Waals surface area contributed by atoms with Gasteiger partial charge in [-0.1, -0.05) is 37.3 Å². The molecule has 0 bridgehead atoms. The van der Waals surface area contributed by atoms with Crippen LogP contribution in [0.25, 0.3) is 0 Å². The predicted molar refractivity (Wildman–Crippen MR) is 138 cm³/mol. The fraction of sp³-hybridized carbons (Fsp3) is 0.593. The maximum absolute atomic E-state index is 14.1. The van der Waals surface area contributed by atoms with Crippen LogP contribution in [0.4, 0.5) is 5.69 Å². The maximum Gasteiger partial charge on any atom is 0.350 e. The minimum Gasteiger partial charge on any atom is -0.465 e. The number of hydrogen-bond acceptors (Lipinski definition) is 5. The van der Waals surface area contributed by atoms with Crippen molar-refractivity contribution in [2.24, 2.45) is 17.3 Å². The molecule has 7 heteroatoms. The van der Waals surface area contributed by atoms with Crippen LogP contribution < -0.4 is 4.90 Å². The fourth-order valence-corrected chi connectivity index (χ4v) is 5.05. The summed E-state index contributed by atoms with van der Waals surface area (Å²) in [6.07, 6.45) is 3.96. The lowest BCUT2D eigenvalue weighted by Gasteiger charge is -2.37. The summed E-state index contributed by atoms with van der Waals surface area (Å²) in [6.45, 7) is 12.1. The largest absolute Gasteiger partial charge is 0.465 e. The number of carbonyl (C=O) groups is 3. The van der Waals surface area contributed by atoms with Crippen molar-refractivity contribution in [3.8, 4) is 11.8 Å².